The molecule has 0 radical (unpaired) electrons. The number of nitrogens with zero attached hydrogens (tertiary/aromatic N) is 2. The summed E-state index contributed by atoms with van der Waals surface area (Å²) in [5.41, 5.74) is 1.57. The maximum atomic E-state index is 14.0. The van der Waals surface area contributed by atoms with Crippen molar-refractivity contribution in [2.75, 3.05) is 4.90 Å². The zero-order valence-corrected chi connectivity index (χ0v) is 17.6. The molecule has 1 aliphatic rings. The number of benzene rings is 2. The van der Waals surface area contributed by atoms with E-state index in [1.165, 1.54) is 18.5 Å². The van der Waals surface area contributed by atoms with Crippen LogP contribution in [0.1, 0.15) is 23.7 Å². The minimum absolute atomic E-state index is 0.0587. The third-order valence-electron chi connectivity index (χ3n) is 5.24. The van der Waals surface area contributed by atoms with E-state index in [-0.39, 0.29) is 24.1 Å². The van der Waals surface area contributed by atoms with Crippen LogP contribution in [-0.4, -0.2) is 16.9 Å². The van der Waals surface area contributed by atoms with Crippen molar-refractivity contribution >= 4 is 17.6 Å². The van der Waals surface area contributed by atoms with Crippen LogP contribution in [0.2, 0.25) is 0 Å². The van der Waals surface area contributed by atoms with Gasteiger partial charge in [0.2, 0.25) is 0 Å². The minimum atomic E-state index is -4.58. The number of hydrogen-bond donors (Lipinski definition) is 0. The molecular weight excluding hydrogens is 433 g/mol. The largest absolute Gasteiger partial charge is 0.416 e. The molecule has 0 saturated heterocycles. The lowest BCUT2D eigenvalue weighted by atomic mass is 9.94. The molecule has 0 aliphatic carbocycles. The van der Waals surface area contributed by atoms with Crippen molar-refractivity contribution in [1.82, 2.24) is 4.98 Å². The van der Waals surface area contributed by atoms with Gasteiger partial charge in [-0.25, -0.2) is 4.79 Å². The van der Waals surface area contributed by atoms with Crippen molar-refractivity contribution in [3.63, 3.8) is 0 Å². The number of anilines is 1. The van der Waals surface area contributed by atoms with Crippen LogP contribution >= 0.6 is 0 Å². The van der Waals surface area contributed by atoms with Crippen molar-refractivity contribution in [1.29, 1.82) is 0 Å². The van der Waals surface area contributed by atoms with Gasteiger partial charge in [0.15, 0.2) is 0 Å². The van der Waals surface area contributed by atoms with E-state index in [9.17, 15) is 22.8 Å². The molecule has 1 aliphatic heterocycles. The summed E-state index contributed by atoms with van der Waals surface area (Å²) in [5.74, 6) is -1.62. The first-order valence-corrected chi connectivity index (χ1v) is 10.1. The molecule has 0 unspecified atom stereocenters. The minimum Gasteiger partial charge on any atom is -0.390 e. The Kier molecular flexibility index (Phi) is 6.00. The average molecular weight is 452 g/mol. The maximum Gasteiger partial charge on any atom is 0.416 e. The second kappa shape index (κ2) is 8.90. The molecule has 1 aromatic heterocycles. The number of carbonyl (C=O) groups excluding carboxylic acids is 2. The van der Waals surface area contributed by atoms with Crippen molar-refractivity contribution < 1.29 is 27.5 Å². The van der Waals surface area contributed by atoms with Crippen molar-refractivity contribution in [3.05, 3.63) is 95.5 Å². The van der Waals surface area contributed by atoms with E-state index in [0.29, 0.717) is 22.5 Å². The van der Waals surface area contributed by atoms with Crippen LogP contribution in [0.5, 0.6) is 0 Å². The number of fused-ring (bicyclic) bond motifs is 1. The van der Waals surface area contributed by atoms with Crippen molar-refractivity contribution in [3.8, 4) is 11.1 Å². The molecule has 8 heteroatoms. The third kappa shape index (κ3) is 4.79. The summed E-state index contributed by atoms with van der Waals surface area (Å²) in [6, 6.07) is 16.3. The Morgan fingerprint density at radius 2 is 1.79 bits per heavy atom. The van der Waals surface area contributed by atoms with Gasteiger partial charge < -0.3 is 9.64 Å². The molecule has 0 atom stereocenters. The molecule has 3 aromatic rings. The summed E-state index contributed by atoms with van der Waals surface area (Å²) >= 11 is 0. The SMILES string of the molecule is CC(=O)OC(=O)C1=CN(Cc2c(-c3ccccc3)cccc2C(F)(F)F)c2cccnc2C1. The summed E-state index contributed by atoms with van der Waals surface area (Å²) < 4.78 is 46.6. The monoisotopic (exact) mass is 452 g/mol. The van der Waals surface area contributed by atoms with Gasteiger partial charge in [0, 0.05) is 32.3 Å². The van der Waals surface area contributed by atoms with Crippen molar-refractivity contribution in [2.45, 2.75) is 26.1 Å². The highest BCUT2D eigenvalue weighted by Crippen LogP contribution is 2.39. The molecule has 2 aromatic carbocycles. The van der Waals surface area contributed by atoms with Gasteiger partial charge in [0.05, 0.1) is 22.5 Å². The van der Waals surface area contributed by atoms with E-state index in [0.717, 1.165) is 13.0 Å². The van der Waals surface area contributed by atoms with Crippen LogP contribution in [0, 0.1) is 0 Å². The van der Waals surface area contributed by atoms with Gasteiger partial charge in [-0.05, 0) is 34.9 Å². The normalized spacial score (nSPS) is 13.2. The van der Waals surface area contributed by atoms with Gasteiger partial charge in [0.25, 0.3) is 0 Å². The fourth-order valence-electron chi connectivity index (χ4n) is 3.84. The molecule has 33 heavy (non-hydrogen) atoms. The molecule has 0 N–H and O–H groups in total. The number of halogens is 3. The van der Waals surface area contributed by atoms with Gasteiger partial charge in [-0.2, -0.15) is 13.2 Å². The fourth-order valence-corrected chi connectivity index (χ4v) is 3.84. The second-order valence-electron chi connectivity index (χ2n) is 7.50. The van der Waals surface area contributed by atoms with Crippen LogP contribution in [0.15, 0.2) is 78.6 Å². The number of ether oxygens (including phenoxy) is 1. The Hall–Kier alpha value is -3.94. The Bertz CT molecular complexity index is 1240. The highest BCUT2D eigenvalue weighted by molar-refractivity contribution is 5.97. The summed E-state index contributed by atoms with van der Waals surface area (Å²) in [6.07, 6.45) is -1.51. The zero-order chi connectivity index (χ0) is 23.6. The number of hydrogen-bond acceptors (Lipinski definition) is 5. The molecule has 0 fully saturated rings. The van der Waals surface area contributed by atoms with Crippen molar-refractivity contribution in [2.24, 2.45) is 0 Å². The highest BCUT2D eigenvalue weighted by Gasteiger charge is 2.35. The molecule has 5 nitrogen and oxygen atoms in total. The van der Waals surface area contributed by atoms with Crippen LogP contribution in [-0.2, 0) is 33.5 Å². The number of alkyl halides is 3. The predicted octanol–water partition coefficient (Wildman–Crippen LogP) is 5.30. The van der Waals surface area contributed by atoms with Gasteiger partial charge in [-0.15, -0.1) is 0 Å². The summed E-state index contributed by atoms with van der Waals surface area (Å²) in [5, 5.41) is 0. The Morgan fingerprint density at radius 1 is 1.03 bits per heavy atom. The van der Waals surface area contributed by atoms with Gasteiger partial charge >= 0.3 is 18.1 Å². The lowest BCUT2D eigenvalue weighted by Gasteiger charge is -2.30. The lowest BCUT2D eigenvalue weighted by molar-refractivity contribution is -0.155. The summed E-state index contributed by atoms with van der Waals surface area (Å²) in [6.45, 7) is 0.937. The molecule has 168 valence electrons. The quantitative estimate of drug-likeness (QED) is 0.397. The Balaban J connectivity index is 1.84. The molecule has 0 spiro atoms. The average Bonchev–Trinajstić information content (AvgIpc) is 2.78. The standard InChI is InChI=1S/C25H19F3N2O3/c1-16(31)33-24(32)18-13-22-23(11-6-12-29-22)30(14-18)15-20-19(17-7-3-2-4-8-17)9-5-10-21(20)25(26,27)28/h2-12,14H,13,15H2,1H3. The van der Waals surface area contributed by atoms with E-state index < -0.39 is 23.7 Å². The first-order chi connectivity index (χ1) is 15.7. The van der Waals surface area contributed by atoms with Gasteiger partial charge in [0.1, 0.15) is 0 Å². The second-order valence-corrected chi connectivity index (χ2v) is 7.50. The Morgan fingerprint density at radius 3 is 2.48 bits per heavy atom. The number of carbonyl (C=O) groups is 2. The topological polar surface area (TPSA) is 59.5 Å². The molecule has 0 amide bonds. The number of rotatable bonds is 4. The number of pyridine rings is 1. The van der Waals surface area contributed by atoms with Crippen LogP contribution < -0.4 is 4.90 Å². The Labute approximate surface area is 188 Å². The molecule has 2 heterocycles. The zero-order valence-electron chi connectivity index (χ0n) is 17.6. The van der Waals surface area contributed by atoms with E-state index >= 15 is 0 Å². The van der Waals surface area contributed by atoms with Crippen LogP contribution in [0.25, 0.3) is 11.1 Å². The third-order valence-corrected chi connectivity index (χ3v) is 5.24. The number of esters is 2. The first-order valence-electron chi connectivity index (χ1n) is 10.1. The van der Waals surface area contributed by atoms with E-state index in [1.54, 1.807) is 53.4 Å². The first kappa shape index (κ1) is 22.3. The number of aromatic nitrogens is 1. The van der Waals surface area contributed by atoms with Gasteiger partial charge in [-0.1, -0.05) is 42.5 Å². The molecule has 0 saturated carbocycles. The summed E-state index contributed by atoms with van der Waals surface area (Å²) in [4.78, 5) is 29.5. The van der Waals surface area contributed by atoms with Gasteiger partial charge in [-0.3, -0.25) is 9.78 Å². The van der Waals surface area contributed by atoms with Crippen LogP contribution in [0.3, 0.4) is 0 Å². The van der Waals surface area contributed by atoms with E-state index in [1.807, 2.05) is 0 Å². The lowest BCUT2D eigenvalue weighted by Crippen LogP contribution is -2.27. The fraction of sp³-hybridized carbons (Fsp3) is 0.160. The maximum absolute atomic E-state index is 14.0. The van der Waals surface area contributed by atoms with Crippen LogP contribution in [0.4, 0.5) is 18.9 Å². The van der Waals surface area contributed by atoms with E-state index in [2.05, 4.69) is 4.98 Å². The molecule has 0 bridgehead atoms. The van der Waals surface area contributed by atoms with E-state index in [4.69, 9.17) is 4.74 Å². The molecular formula is C25H19F3N2O3. The highest BCUT2D eigenvalue weighted by atomic mass is 19.4. The summed E-state index contributed by atoms with van der Waals surface area (Å²) in [7, 11) is 0. The smallest absolute Gasteiger partial charge is 0.390 e. The predicted molar refractivity (Wildman–Crippen MR) is 116 cm³/mol. The molecule has 4 rings (SSSR count).